The van der Waals surface area contributed by atoms with E-state index in [1.54, 1.807) is 0 Å². The first kappa shape index (κ1) is 16.6. The molecular formula is C11H24ClN3O2. The first-order valence-corrected chi connectivity index (χ1v) is 5.95. The fraction of sp³-hybridized carbons (Fsp3) is 0.909. The summed E-state index contributed by atoms with van der Waals surface area (Å²) in [6.07, 6.45) is 0. The van der Waals surface area contributed by atoms with Crippen molar-refractivity contribution in [3.05, 3.63) is 0 Å². The zero-order chi connectivity index (χ0) is 12.0. The normalized spacial score (nSPS) is 18.6. The minimum Gasteiger partial charge on any atom is -0.395 e. The molecule has 1 saturated heterocycles. The molecule has 1 aliphatic heterocycles. The van der Waals surface area contributed by atoms with E-state index in [1.165, 1.54) is 0 Å². The van der Waals surface area contributed by atoms with Crippen molar-refractivity contribution < 1.29 is 9.90 Å². The third-order valence-corrected chi connectivity index (χ3v) is 3.03. The lowest BCUT2D eigenvalue weighted by atomic mass is 10.1. The number of carbonyl (C=O) groups is 1. The fourth-order valence-electron chi connectivity index (χ4n) is 2.04. The molecule has 0 aromatic carbocycles. The van der Waals surface area contributed by atoms with Gasteiger partial charge in [0.15, 0.2) is 0 Å². The zero-order valence-corrected chi connectivity index (χ0v) is 11.5. The average Bonchev–Trinajstić information content (AvgIpc) is 2.30. The fourth-order valence-corrected chi connectivity index (χ4v) is 2.04. The number of nitrogens with one attached hydrogen (secondary N) is 1. The number of amides is 1. The molecule has 0 aromatic rings. The molecule has 1 fully saturated rings. The summed E-state index contributed by atoms with van der Waals surface area (Å²) >= 11 is 0. The number of piperazine rings is 1. The molecule has 1 aliphatic rings. The Morgan fingerprint density at radius 2 is 1.94 bits per heavy atom. The summed E-state index contributed by atoms with van der Waals surface area (Å²) in [5.41, 5.74) is 0. The summed E-state index contributed by atoms with van der Waals surface area (Å²) in [7, 11) is 1.86. The SMILES string of the molecule is CNCC(C)C(=O)N1CCN(CCO)CC1.Cl. The lowest BCUT2D eigenvalue weighted by Crippen LogP contribution is -2.51. The minimum absolute atomic E-state index is 0. The Morgan fingerprint density at radius 1 is 1.35 bits per heavy atom. The Kier molecular flexibility index (Phi) is 8.51. The molecule has 1 atom stereocenters. The Labute approximate surface area is 110 Å². The van der Waals surface area contributed by atoms with Gasteiger partial charge in [-0.05, 0) is 7.05 Å². The summed E-state index contributed by atoms with van der Waals surface area (Å²) in [4.78, 5) is 16.1. The van der Waals surface area contributed by atoms with E-state index in [4.69, 9.17) is 5.11 Å². The van der Waals surface area contributed by atoms with Gasteiger partial charge in [-0.2, -0.15) is 0 Å². The van der Waals surface area contributed by atoms with Gasteiger partial charge in [-0.3, -0.25) is 9.69 Å². The predicted molar refractivity (Wildman–Crippen MR) is 70.4 cm³/mol. The Balaban J connectivity index is 0.00000256. The van der Waals surface area contributed by atoms with Crippen molar-refractivity contribution >= 4 is 18.3 Å². The number of rotatable bonds is 5. The second-order valence-corrected chi connectivity index (χ2v) is 4.35. The maximum Gasteiger partial charge on any atom is 0.226 e. The van der Waals surface area contributed by atoms with Crippen molar-refractivity contribution in [3.63, 3.8) is 0 Å². The Bertz CT molecular complexity index is 221. The van der Waals surface area contributed by atoms with Gasteiger partial charge in [0.05, 0.1) is 6.61 Å². The number of nitrogens with zero attached hydrogens (tertiary/aromatic N) is 2. The molecule has 102 valence electrons. The van der Waals surface area contributed by atoms with Gasteiger partial charge < -0.3 is 15.3 Å². The molecular weight excluding hydrogens is 242 g/mol. The molecule has 17 heavy (non-hydrogen) atoms. The van der Waals surface area contributed by atoms with Crippen LogP contribution in [0.4, 0.5) is 0 Å². The second kappa shape index (κ2) is 8.69. The number of aliphatic hydroxyl groups is 1. The van der Waals surface area contributed by atoms with Crippen LogP contribution in [0.3, 0.4) is 0 Å². The van der Waals surface area contributed by atoms with E-state index < -0.39 is 0 Å². The molecule has 0 saturated carbocycles. The molecule has 0 aliphatic carbocycles. The van der Waals surface area contributed by atoms with E-state index in [0.29, 0.717) is 6.54 Å². The average molecular weight is 266 g/mol. The highest BCUT2D eigenvalue weighted by molar-refractivity contribution is 5.85. The molecule has 1 unspecified atom stereocenters. The standard InChI is InChI=1S/C11H23N3O2.ClH/c1-10(9-12-2)11(16)14-5-3-13(4-6-14)7-8-15;/h10,12,15H,3-9H2,1-2H3;1H. The Hall–Kier alpha value is -0.360. The topological polar surface area (TPSA) is 55.8 Å². The monoisotopic (exact) mass is 265 g/mol. The summed E-state index contributed by atoms with van der Waals surface area (Å²) in [6.45, 7) is 6.92. The van der Waals surface area contributed by atoms with Crippen LogP contribution in [-0.2, 0) is 4.79 Å². The molecule has 0 spiro atoms. The molecule has 1 amide bonds. The molecule has 2 N–H and O–H groups in total. The predicted octanol–water partition coefficient (Wildman–Crippen LogP) is -0.600. The molecule has 0 aromatic heterocycles. The van der Waals surface area contributed by atoms with Crippen molar-refractivity contribution in [3.8, 4) is 0 Å². The van der Waals surface area contributed by atoms with E-state index in [-0.39, 0.29) is 30.8 Å². The quantitative estimate of drug-likeness (QED) is 0.697. The van der Waals surface area contributed by atoms with Gasteiger partial charge >= 0.3 is 0 Å². The highest BCUT2D eigenvalue weighted by Crippen LogP contribution is 2.06. The highest BCUT2D eigenvalue weighted by atomic mass is 35.5. The summed E-state index contributed by atoms with van der Waals surface area (Å²) in [5, 5.41) is 11.8. The van der Waals surface area contributed by atoms with Gasteiger partial charge in [-0.25, -0.2) is 0 Å². The number of carbonyl (C=O) groups excluding carboxylic acids is 1. The molecule has 0 bridgehead atoms. The van der Waals surface area contributed by atoms with Crippen LogP contribution < -0.4 is 5.32 Å². The van der Waals surface area contributed by atoms with Crippen LogP contribution in [0.25, 0.3) is 0 Å². The van der Waals surface area contributed by atoms with Gasteiger partial charge in [0.25, 0.3) is 0 Å². The van der Waals surface area contributed by atoms with Crippen molar-refractivity contribution in [2.75, 3.05) is 52.9 Å². The molecule has 5 nitrogen and oxygen atoms in total. The number of aliphatic hydroxyl groups excluding tert-OH is 1. The zero-order valence-electron chi connectivity index (χ0n) is 10.7. The first-order chi connectivity index (χ1) is 7.69. The lowest BCUT2D eigenvalue weighted by Gasteiger charge is -2.35. The number of hydrogen-bond acceptors (Lipinski definition) is 4. The van der Waals surface area contributed by atoms with Crippen molar-refractivity contribution in [1.29, 1.82) is 0 Å². The smallest absolute Gasteiger partial charge is 0.226 e. The molecule has 1 rings (SSSR count). The van der Waals surface area contributed by atoms with Crippen molar-refractivity contribution in [2.45, 2.75) is 6.92 Å². The van der Waals surface area contributed by atoms with E-state index >= 15 is 0 Å². The molecule has 1 heterocycles. The largest absolute Gasteiger partial charge is 0.395 e. The van der Waals surface area contributed by atoms with Crippen LogP contribution in [0.15, 0.2) is 0 Å². The van der Waals surface area contributed by atoms with Gasteiger partial charge in [0.1, 0.15) is 0 Å². The highest BCUT2D eigenvalue weighted by Gasteiger charge is 2.23. The number of hydrogen-bond donors (Lipinski definition) is 2. The van der Waals surface area contributed by atoms with Gasteiger partial charge in [-0.15, -0.1) is 12.4 Å². The molecule has 0 radical (unpaired) electrons. The van der Waals surface area contributed by atoms with E-state index in [1.807, 2.05) is 18.9 Å². The van der Waals surface area contributed by atoms with Gasteiger partial charge in [-0.1, -0.05) is 6.92 Å². The van der Waals surface area contributed by atoms with E-state index in [2.05, 4.69) is 10.2 Å². The Morgan fingerprint density at radius 3 is 2.41 bits per heavy atom. The van der Waals surface area contributed by atoms with Gasteiger partial charge in [0.2, 0.25) is 5.91 Å². The third-order valence-electron chi connectivity index (χ3n) is 3.03. The molecule has 6 heteroatoms. The van der Waals surface area contributed by atoms with E-state index in [0.717, 1.165) is 32.7 Å². The van der Waals surface area contributed by atoms with Gasteiger partial charge in [0, 0.05) is 45.2 Å². The van der Waals surface area contributed by atoms with Crippen LogP contribution in [-0.4, -0.2) is 73.7 Å². The summed E-state index contributed by atoms with van der Waals surface area (Å²) in [5.74, 6) is 0.285. The lowest BCUT2D eigenvalue weighted by molar-refractivity contribution is -0.136. The summed E-state index contributed by atoms with van der Waals surface area (Å²) in [6, 6.07) is 0. The number of β-amino-alcohol motifs (C(OH)–C–C–N with tert-alkyl or cyclic N) is 1. The minimum atomic E-state index is 0. The van der Waals surface area contributed by atoms with Crippen LogP contribution in [0, 0.1) is 5.92 Å². The van der Waals surface area contributed by atoms with Crippen LogP contribution in [0.2, 0.25) is 0 Å². The van der Waals surface area contributed by atoms with E-state index in [9.17, 15) is 4.79 Å². The first-order valence-electron chi connectivity index (χ1n) is 5.95. The maximum atomic E-state index is 12.0. The van der Waals surface area contributed by atoms with Crippen molar-refractivity contribution in [1.82, 2.24) is 15.1 Å². The third kappa shape index (κ3) is 5.21. The van der Waals surface area contributed by atoms with Crippen LogP contribution in [0.5, 0.6) is 0 Å². The van der Waals surface area contributed by atoms with Crippen molar-refractivity contribution in [2.24, 2.45) is 5.92 Å². The van der Waals surface area contributed by atoms with Crippen LogP contribution >= 0.6 is 12.4 Å². The number of halogens is 1. The maximum absolute atomic E-state index is 12.0. The second-order valence-electron chi connectivity index (χ2n) is 4.35. The van der Waals surface area contributed by atoms with Crippen LogP contribution in [0.1, 0.15) is 6.92 Å². The summed E-state index contributed by atoms with van der Waals surface area (Å²) < 4.78 is 0.